The molecule has 0 amide bonds. The monoisotopic (exact) mass is 2150 g/mol. The smallest absolute Gasteiger partial charge is 0.221 e. The first-order valence-corrected chi connectivity index (χ1v) is 52.2. The lowest BCUT2D eigenvalue weighted by molar-refractivity contribution is 0.00212. The first-order chi connectivity index (χ1) is 66.9. The molecule has 10 aromatic heterocycles. The summed E-state index contributed by atoms with van der Waals surface area (Å²) in [6.07, 6.45) is 9.66. The van der Waals surface area contributed by atoms with Crippen LogP contribution in [0.4, 0.5) is 29.7 Å². The van der Waals surface area contributed by atoms with Crippen molar-refractivity contribution in [2.24, 2.45) is 0 Å². The van der Waals surface area contributed by atoms with Gasteiger partial charge in [-0.2, -0.15) is 0 Å². The van der Waals surface area contributed by atoms with Crippen LogP contribution in [-0.4, -0.2) is 176 Å². The van der Waals surface area contributed by atoms with E-state index in [1.807, 2.05) is 31.1 Å². The van der Waals surface area contributed by atoms with Crippen molar-refractivity contribution in [1.29, 1.82) is 0 Å². The molecule has 0 spiro atoms. The molecule has 42 heteroatoms. The Bertz CT molecular complexity index is 7440. The Morgan fingerprint density at radius 1 is 0.331 bits per heavy atom. The van der Waals surface area contributed by atoms with Crippen molar-refractivity contribution >= 4 is 282 Å². The Hall–Kier alpha value is -10.2. The molecule has 9 aliphatic rings. The van der Waals surface area contributed by atoms with Gasteiger partial charge in [0, 0.05) is 189 Å². The molecule has 1 saturated carbocycles. The summed E-state index contributed by atoms with van der Waals surface area (Å²) in [5, 5.41) is 16.6. The lowest BCUT2D eigenvalue weighted by Gasteiger charge is -2.29. The molecular weight excluding hydrogens is 2070 g/mol. The van der Waals surface area contributed by atoms with Crippen LogP contribution in [0.2, 0.25) is 50.2 Å². The number of fused-ring (bicyclic) bond motifs is 10. The molecule has 0 bridgehead atoms. The minimum atomic E-state index is 0.195. The predicted octanol–water partition coefficient (Wildman–Crippen LogP) is 23.9. The third-order valence-electron chi connectivity index (χ3n) is 25.0. The Labute approximate surface area is 868 Å². The van der Waals surface area contributed by atoms with Crippen LogP contribution in [-0.2, 0) is 41.6 Å². The number of anilines is 5. The average Bonchev–Trinajstić information content (AvgIpc) is 1.64. The summed E-state index contributed by atoms with van der Waals surface area (Å²) in [7, 11) is 3.90. The Balaban J connectivity index is 0.000000107. The van der Waals surface area contributed by atoms with Gasteiger partial charge in [0.05, 0.1) is 169 Å². The van der Waals surface area contributed by atoms with Crippen molar-refractivity contribution in [3.8, 4) is 85.0 Å². The molecule has 8 aliphatic heterocycles. The number of benzene rings is 5. The van der Waals surface area contributed by atoms with Gasteiger partial charge >= 0.3 is 0 Å². The van der Waals surface area contributed by atoms with E-state index in [1.54, 1.807) is 64.3 Å². The van der Waals surface area contributed by atoms with Crippen LogP contribution in [0, 0.1) is 0 Å². The largest absolute Gasteiger partial charge is 0.491 e. The highest BCUT2D eigenvalue weighted by Crippen LogP contribution is 2.55. The molecule has 4 fully saturated rings. The number of nitrogens with one attached hydrogen (secondary N) is 2. The van der Waals surface area contributed by atoms with E-state index < -0.39 is 0 Å². The molecule has 18 heterocycles. The fourth-order valence-electron chi connectivity index (χ4n) is 18.0. The van der Waals surface area contributed by atoms with Gasteiger partial charge in [-0.1, -0.05) is 149 Å². The van der Waals surface area contributed by atoms with Crippen molar-refractivity contribution in [3.63, 3.8) is 0 Å². The maximum absolute atomic E-state index is 6.61. The second kappa shape index (κ2) is 40.0. The first kappa shape index (κ1) is 96.3. The molecule has 716 valence electrons. The minimum Gasteiger partial charge on any atom is -0.491 e. The molecule has 3 saturated heterocycles. The summed E-state index contributed by atoms with van der Waals surface area (Å²) < 4.78 is 39.2. The van der Waals surface area contributed by atoms with Crippen LogP contribution in [0.3, 0.4) is 0 Å². The molecule has 5 aromatic carbocycles. The number of hydrogen-bond acceptors (Lipinski definition) is 32. The molecule has 139 heavy (non-hydrogen) atoms. The van der Waals surface area contributed by atoms with Crippen molar-refractivity contribution in [2.75, 3.05) is 128 Å². The number of halogens is 10. The lowest BCUT2D eigenvalue weighted by Crippen LogP contribution is -2.44. The summed E-state index contributed by atoms with van der Waals surface area (Å²) in [4.78, 5) is 60.5. The number of ether oxygens (including phenoxy) is 7. The second-order valence-corrected chi connectivity index (χ2v) is 43.3. The number of morpholine rings is 1. The number of nitrogens with zero attached hydrogens (tertiary/aromatic N) is 13. The van der Waals surface area contributed by atoms with Crippen LogP contribution in [0.5, 0.6) is 28.7 Å². The highest BCUT2D eigenvalue weighted by molar-refractivity contribution is 7.21. The fourth-order valence-corrected chi connectivity index (χ4v) is 26.3. The summed E-state index contributed by atoms with van der Waals surface area (Å²) in [6, 6.07) is 19.6. The number of nitrogen functional groups attached to an aromatic ring is 5. The van der Waals surface area contributed by atoms with Gasteiger partial charge in [-0.05, 0) is 92.8 Å². The molecule has 27 nitrogen and oxygen atoms in total. The van der Waals surface area contributed by atoms with E-state index in [0.29, 0.717) is 186 Å². The first-order valence-electron chi connectivity index (χ1n) is 44.3. The summed E-state index contributed by atoms with van der Waals surface area (Å²) in [6.45, 7) is 30.4. The van der Waals surface area contributed by atoms with Gasteiger partial charge in [0.2, 0.25) is 29.7 Å². The third-order valence-corrected chi connectivity index (χ3v) is 33.3. The summed E-state index contributed by atoms with van der Waals surface area (Å²) in [5.41, 5.74) is 47.1. The molecule has 12 N–H and O–H groups in total. The predicted molar refractivity (Wildman–Crippen MR) is 573 cm³/mol. The summed E-state index contributed by atoms with van der Waals surface area (Å²) in [5.74, 6) is 4.41. The minimum absolute atomic E-state index is 0.195. The van der Waals surface area contributed by atoms with Crippen molar-refractivity contribution in [1.82, 2.24) is 75.2 Å². The average molecular weight is 2160 g/mol. The second-order valence-electron chi connectivity index (χ2n) is 34.0. The van der Waals surface area contributed by atoms with E-state index in [-0.39, 0.29) is 29.7 Å². The molecule has 15 aromatic rings. The number of nitrogens with two attached hydrogens (primary N) is 5. The van der Waals surface area contributed by atoms with Gasteiger partial charge in [0.1, 0.15) is 52.9 Å². The number of rotatable bonds is 17. The highest BCUT2D eigenvalue weighted by Gasteiger charge is 2.36. The van der Waals surface area contributed by atoms with Gasteiger partial charge < -0.3 is 87.2 Å². The number of hydrogen-bond donors (Lipinski definition) is 7. The normalized spacial score (nSPS) is 15.4. The molecular formula is C97H86Cl10N20O7S5. The molecule has 0 radical (unpaired) electrons. The Morgan fingerprint density at radius 2 is 0.597 bits per heavy atom. The maximum Gasteiger partial charge on any atom is 0.221 e. The molecule has 0 unspecified atom stereocenters. The standard InChI is InChI=1S/C20H18Cl2N4O2S.2C20H18Cl2N4OS.C19H16Cl2N4O2S.C18H16Cl2N4OS/c1-10(26-3-6-27-7-4-26)15-8-12-17(24-20(23)25-19(12)29-15)16-11-2-5-28-18(11)14(22)9-13(16)21;1-10(26-5-2-3-6-26)15-8-12-17(24-20(23)25-19(12)28-15)16-11-4-7-27-18(11)14(22)9-13(16)21;1-9(24-10-3-2-4-10)15-7-12-17(25-20(23)26-19(12)28-15)16-11-5-6-27-18(11)14(22)8-13(16)21;1-8(23-9-6-26-7-9)14-4-11-16(24-19(22)25-18(11)28-14)15-10-2-3-27-17(10)13(21)5-12(15)20;1-8(24(2)3)13-6-10-15(22-18(21)23-17(10)26-13)14-9-4-5-25-16(9)12(20)7-11(14)19/h8-9H,1-7H2,(H2,23,24,25);8-9H,1-7H2,(H2,23,24,25);7-8,10,24H,1-6H2,(H2,23,25,26);4-5,9,23H,1-3,6-7H2,(H2,22,24,25);6-7H,1,4-5H2,2-3H3,(H2,21,22,23). The van der Waals surface area contributed by atoms with Crippen LogP contribution >= 0.6 is 173 Å². The van der Waals surface area contributed by atoms with Gasteiger partial charge in [-0.25, -0.2) is 49.8 Å². The fraction of sp³-hybridized carbons (Fsp3) is 0.278. The number of likely N-dealkylation sites (tertiary alicyclic amines) is 1. The van der Waals surface area contributed by atoms with E-state index in [4.69, 9.17) is 178 Å². The lowest BCUT2D eigenvalue weighted by atomic mass is 9.93. The van der Waals surface area contributed by atoms with E-state index in [9.17, 15) is 0 Å². The van der Waals surface area contributed by atoms with Crippen molar-refractivity contribution < 1.29 is 33.2 Å². The zero-order valence-electron chi connectivity index (χ0n) is 74.6. The van der Waals surface area contributed by atoms with Gasteiger partial charge in [-0.3, -0.25) is 0 Å². The molecule has 24 rings (SSSR count). The SMILES string of the molecule is C=C(NC1CCC1)c1cc2c(-c3c(Cl)cc(Cl)c4c3CCO4)nc(N)nc2s1.C=C(NC1COC1)c1cc2c(-c3c(Cl)cc(Cl)c4c3CCO4)nc(N)nc2s1.C=C(c1cc2c(-c3c(Cl)cc(Cl)c4c3CCO4)nc(N)nc2s1)N(C)C.C=C(c1cc2c(-c3c(Cl)cc(Cl)c4c3CCO4)nc(N)nc2s1)N1CCCC1.C=C(c1cc2c(-c3c(Cl)cc(Cl)c4c3CCO4)nc(N)nc2s1)N1CCOCC1. The highest BCUT2D eigenvalue weighted by atomic mass is 35.5. The van der Waals surface area contributed by atoms with E-state index in [2.05, 4.69) is 121 Å². The van der Waals surface area contributed by atoms with Gasteiger partial charge in [-0.15, -0.1) is 56.7 Å². The van der Waals surface area contributed by atoms with Crippen LogP contribution in [0.15, 0.2) is 93.6 Å². The molecule has 0 atom stereocenters. The topological polar surface area (TPSA) is 357 Å². The van der Waals surface area contributed by atoms with Gasteiger partial charge in [0.15, 0.2) is 0 Å². The van der Waals surface area contributed by atoms with Crippen molar-refractivity contribution in [2.45, 2.75) is 76.3 Å². The van der Waals surface area contributed by atoms with Crippen molar-refractivity contribution in [3.05, 3.63) is 196 Å². The number of thiophene rings is 5. The van der Waals surface area contributed by atoms with E-state index >= 15 is 0 Å². The van der Waals surface area contributed by atoms with E-state index in [0.717, 1.165) is 211 Å². The van der Waals surface area contributed by atoms with Crippen LogP contribution < -0.4 is 63.0 Å². The van der Waals surface area contributed by atoms with Gasteiger partial charge in [0.25, 0.3) is 0 Å². The molecule has 1 aliphatic carbocycles. The third kappa shape index (κ3) is 18.9. The zero-order valence-corrected chi connectivity index (χ0v) is 86.2. The maximum atomic E-state index is 6.61. The quantitative estimate of drug-likeness (QED) is 0.0445. The number of aromatic nitrogens is 10. The Kier molecular flexibility index (Phi) is 27.7. The Morgan fingerprint density at radius 3 is 0.871 bits per heavy atom. The van der Waals surface area contributed by atoms with Crippen LogP contribution in [0.1, 0.15) is 84.3 Å². The summed E-state index contributed by atoms with van der Waals surface area (Å²) >= 11 is 72.2. The zero-order chi connectivity index (χ0) is 96.9. The van der Waals surface area contributed by atoms with Crippen LogP contribution in [0.25, 0.3) is 136 Å². The van der Waals surface area contributed by atoms with E-state index in [1.165, 1.54) is 54.8 Å².